The Bertz CT molecular complexity index is 1720. The largest absolute Gasteiger partial charge is 0.489 e. The minimum absolute atomic E-state index is 0.00461. The molecule has 0 radical (unpaired) electrons. The number of carbonyl (C=O) groups excluding carboxylic acids is 1. The third-order valence-electron chi connectivity index (χ3n) is 13.1. The predicted octanol–water partition coefficient (Wildman–Crippen LogP) is 6.30. The summed E-state index contributed by atoms with van der Waals surface area (Å²) in [5.41, 5.74) is 2.78. The van der Waals surface area contributed by atoms with E-state index in [-0.39, 0.29) is 33.9 Å². The van der Waals surface area contributed by atoms with Crippen LogP contribution >= 0.6 is 11.6 Å². The van der Waals surface area contributed by atoms with Crippen molar-refractivity contribution in [1.29, 1.82) is 0 Å². The van der Waals surface area contributed by atoms with Gasteiger partial charge in [-0.1, -0.05) is 36.7 Å². The van der Waals surface area contributed by atoms with Gasteiger partial charge in [-0.25, -0.2) is 9.19 Å². The molecule has 1 N–H and O–H groups in total. The maximum absolute atomic E-state index is 13.6. The highest BCUT2D eigenvalue weighted by atomic mass is 35.5. The highest BCUT2D eigenvalue weighted by Gasteiger charge is 2.45. The highest BCUT2D eigenvalue weighted by molar-refractivity contribution is 7.84. The molecule has 1 saturated carbocycles. The number of nitrogens with zero attached hydrogens (tertiary/aromatic N) is 4. The van der Waals surface area contributed by atoms with Crippen molar-refractivity contribution in [2.75, 3.05) is 92.4 Å². The van der Waals surface area contributed by atoms with Crippen LogP contribution in [-0.4, -0.2) is 129 Å². The fourth-order valence-electron chi connectivity index (χ4n) is 9.53. The molecule has 1 saturated heterocycles. The van der Waals surface area contributed by atoms with E-state index < -0.39 is 16.9 Å². The number of halogens is 1. The molecular formula is C44H66ClN5O6S. The Labute approximate surface area is 348 Å². The van der Waals surface area contributed by atoms with Crippen molar-refractivity contribution in [2.24, 2.45) is 17.8 Å². The summed E-state index contributed by atoms with van der Waals surface area (Å²) in [6, 6.07) is 9.79. The van der Waals surface area contributed by atoms with E-state index in [1.807, 2.05) is 12.1 Å². The number of anilines is 1. The van der Waals surface area contributed by atoms with Gasteiger partial charge in [-0.15, -0.1) is 0 Å². The lowest BCUT2D eigenvalue weighted by atomic mass is 9.68. The normalized spacial score (nSPS) is 30.4. The van der Waals surface area contributed by atoms with Crippen LogP contribution in [-0.2, 0) is 37.0 Å². The standard InChI is InChI=1S/C34H44ClN3O5S.C10H22N2O/c1-22-6-4-8-29(42-3)26-11-9-24(26)19-38-20-34(16-5-7-23-18-25(35)10-12-27(23)34)21-43-30-14-13-28(36-32(30)38)33(39)37-44(40)31(22)15-17-41-2;1-10(2,9-13-4)12-7-5-11(3)6-8-12/h4,8,10,12-14,18,22,24,26,29,31H,5-7,9,11,15-17,19-21H2,1-3H3,(H,37,39);5-9H2,1-4H3/b8-4+;/t22?,24?,26?,29?,31?,34-,44?;/m0./s1. The first-order valence-corrected chi connectivity index (χ1v) is 22.5. The first-order valence-electron chi connectivity index (χ1n) is 20.9. The lowest BCUT2D eigenvalue weighted by Gasteiger charge is -2.45. The van der Waals surface area contributed by atoms with Crippen LogP contribution in [0.2, 0.25) is 5.02 Å². The lowest BCUT2D eigenvalue weighted by molar-refractivity contribution is 0.00711. The minimum atomic E-state index is -1.62. The molecule has 1 spiro atoms. The summed E-state index contributed by atoms with van der Waals surface area (Å²) in [6.07, 6.45) is 10.9. The second-order valence-electron chi connectivity index (χ2n) is 17.5. The van der Waals surface area contributed by atoms with Crippen LogP contribution < -0.4 is 14.4 Å². The number of aryl methyl sites for hydroxylation is 1. The second kappa shape index (κ2) is 19.7. The zero-order chi connectivity index (χ0) is 40.7. The number of hydrogen-bond acceptors (Lipinski definition) is 10. The number of aromatic nitrogens is 1. The average molecular weight is 829 g/mol. The van der Waals surface area contributed by atoms with Crippen molar-refractivity contribution in [3.63, 3.8) is 0 Å². The van der Waals surface area contributed by atoms with E-state index in [2.05, 4.69) is 71.5 Å². The Morgan fingerprint density at radius 2 is 1.88 bits per heavy atom. The van der Waals surface area contributed by atoms with Crippen molar-refractivity contribution in [3.8, 4) is 5.75 Å². The van der Waals surface area contributed by atoms with Crippen molar-refractivity contribution >= 4 is 34.3 Å². The number of benzene rings is 1. The van der Waals surface area contributed by atoms with Gasteiger partial charge in [-0.3, -0.25) is 14.4 Å². The van der Waals surface area contributed by atoms with Crippen LogP contribution in [0.5, 0.6) is 5.75 Å². The zero-order valence-corrected chi connectivity index (χ0v) is 36.8. The molecule has 3 aliphatic heterocycles. The molecule has 1 aromatic carbocycles. The number of pyridine rings is 1. The number of methoxy groups -OCH3 is 3. The van der Waals surface area contributed by atoms with E-state index >= 15 is 0 Å². The summed E-state index contributed by atoms with van der Waals surface area (Å²) in [6.45, 7) is 14.6. The highest BCUT2D eigenvalue weighted by Crippen LogP contribution is 2.46. The zero-order valence-electron chi connectivity index (χ0n) is 35.3. The number of carbonyl (C=O) groups is 1. The number of ether oxygens (including phenoxy) is 4. The summed E-state index contributed by atoms with van der Waals surface area (Å²) >= 11 is 6.42. The molecule has 5 aliphatic rings. The van der Waals surface area contributed by atoms with Gasteiger partial charge in [0.25, 0.3) is 5.91 Å². The average Bonchev–Trinajstić information content (AvgIpc) is 3.32. The molecule has 1 aromatic heterocycles. The van der Waals surface area contributed by atoms with E-state index in [9.17, 15) is 9.00 Å². The van der Waals surface area contributed by atoms with Gasteiger partial charge in [-0.2, -0.15) is 0 Å². The monoisotopic (exact) mass is 827 g/mol. The molecule has 7 rings (SSSR count). The van der Waals surface area contributed by atoms with Crippen molar-refractivity contribution in [3.05, 3.63) is 64.3 Å². The molecule has 4 heterocycles. The summed E-state index contributed by atoms with van der Waals surface area (Å²) < 4.78 is 39.5. The van der Waals surface area contributed by atoms with Gasteiger partial charge in [0.1, 0.15) is 16.7 Å². The maximum atomic E-state index is 13.6. The molecule has 2 bridgehead atoms. The topological polar surface area (TPSA) is 106 Å². The molecule has 57 heavy (non-hydrogen) atoms. The molecule has 316 valence electrons. The number of rotatable bonds is 7. The summed E-state index contributed by atoms with van der Waals surface area (Å²) in [7, 11) is 5.77. The number of allylic oxidation sites excluding steroid dienone is 1. The molecular weight excluding hydrogens is 762 g/mol. The van der Waals surface area contributed by atoms with Crippen LogP contribution in [0, 0.1) is 17.8 Å². The van der Waals surface area contributed by atoms with Gasteiger partial charge in [0.2, 0.25) is 0 Å². The predicted molar refractivity (Wildman–Crippen MR) is 229 cm³/mol. The Balaban J connectivity index is 0.000000360. The fraction of sp³-hybridized carbons (Fsp3) is 0.682. The summed E-state index contributed by atoms with van der Waals surface area (Å²) in [4.78, 5) is 25.7. The number of amides is 1. The first-order chi connectivity index (χ1) is 27.4. The summed E-state index contributed by atoms with van der Waals surface area (Å²) in [5.74, 6) is 1.76. The van der Waals surface area contributed by atoms with Gasteiger partial charge in [0, 0.05) is 83.2 Å². The van der Waals surface area contributed by atoms with E-state index in [1.165, 1.54) is 24.2 Å². The lowest BCUT2D eigenvalue weighted by Crippen LogP contribution is -2.55. The van der Waals surface area contributed by atoms with E-state index in [1.54, 1.807) is 27.4 Å². The molecule has 13 heteroatoms. The van der Waals surface area contributed by atoms with Gasteiger partial charge in [0.15, 0.2) is 11.6 Å². The van der Waals surface area contributed by atoms with Crippen molar-refractivity contribution in [1.82, 2.24) is 19.5 Å². The Morgan fingerprint density at radius 1 is 1.09 bits per heavy atom. The van der Waals surface area contributed by atoms with Crippen LogP contribution in [0.1, 0.15) is 80.9 Å². The molecule has 2 fully saturated rings. The maximum Gasteiger partial charge on any atom is 0.281 e. The quantitative estimate of drug-likeness (QED) is 0.320. The first kappa shape index (κ1) is 44.0. The minimum Gasteiger partial charge on any atom is -0.489 e. The van der Waals surface area contributed by atoms with Crippen LogP contribution in [0.3, 0.4) is 0 Å². The van der Waals surface area contributed by atoms with Crippen LogP contribution in [0.15, 0.2) is 42.5 Å². The van der Waals surface area contributed by atoms with Crippen molar-refractivity contribution < 1.29 is 28.0 Å². The fourth-order valence-corrected chi connectivity index (χ4v) is 11.0. The number of likely N-dealkylation sites (N-methyl/N-ethyl adjacent to an activating group) is 1. The van der Waals surface area contributed by atoms with Gasteiger partial charge >= 0.3 is 0 Å². The van der Waals surface area contributed by atoms with E-state index in [4.69, 9.17) is 35.5 Å². The Kier molecular flexibility index (Phi) is 15.2. The van der Waals surface area contributed by atoms with E-state index in [0.717, 1.165) is 76.3 Å². The number of piperazine rings is 1. The molecule has 2 aliphatic carbocycles. The number of fused-ring (bicyclic) bond motifs is 4. The molecule has 1 amide bonds. The van der Waals surface area contributed by atoms with E-state index in [0.29, 0.717) is 43.0 Å². The third kappa shape index (κ3) is 10.4. The smallest absolute Gasteiger partial charge is 0.281 e. The molecule has 11 nitrogen and oxygen atoms in total. The molecule has 2 aromatic rings. The van der Waals surface area contributed by atoms with Gasteiger partial charge in [0.05, 0.1) is 24.6 Å². The third-order valence-corrected chi connectivity index (χ3v) is 15.0. The Morgan fingerprint density at radius 3 is 2.58 bits per heavy atom. The van der Waals surface area contributed by atoms with Crippen LogP contribution in [0.4, 0.5) is 5.82 Å². The van der Waals surface area contributed by atoms with Gasteiger partial charge in [-0.05, 0) is 119 Å². The van der Waals surface area contributed by atoms with Crippen molar-refractivity contribution in [2.45, 2.75) is 88.0 Å². The molecule has 7 atom stereocenters. The SMILES string of the molecule is COCC(C)(C)N1CCN(C)CC1.COCCC1C(C)C/C=C/C(OC)C2CCC2CN2C[C@@]3(CCCc4cc(Cl)ccc43)COc3ccc(nc32)C(=O)NS1=O. The number of hydrogen-bond donors (Lipinski definition) is 1. The number of nitrogens with one attached hydrogen (secondary N) is 1. The Hall–Kier alpha value is -2.58. The molecule has 6 unspecified atom stereocenters. The second-order valence-corrected chi connectivity index (χ2v) is 19.4. The van der Waals surface area contributed by atoms with Gasteiger partial charge < -0.3 is 28.7 Å². The summed E-state index contributed by atoms with van der Waals surface area (Å²) in [5, 5.41) is 0.488. The van der Waals surface area contributed by atoms with Crippen LogP contribution in [0.25, 0.3) is 0 Å².